The fourth-order valence-electron chi connectivity index (χ4n) is 2.10. The average molecular weight is 344 g/mol. The highest BCUT2D eigenvalue weighted by molar-refractivity contribution is 9.10. The number of nitro groups is 1. The van der Waals surface area contributed by atoms with E-state index in [9.17, 15) is 10.1 Å². The molecule has 0 saturated carbocycles. The van der Waals surface area contributed by atoms with Crippen LogP contribution < -0.4 is 5.32 Å². The molecule has 21 heavy (non-hydrogen) atoms. The fraction of sp³-hybridized carbons (Fsp3) is 0. The van der Waals surface area contributed by atoms with Crippen LogP contribution in [0.2, 0.25) is 0 Å². The monoisotopic (exact) mass is 343 g/mol. The van der Waals surface area contributed by atoms with Gasteiger partial charge in [-0.2, -0.15) is 0 Å². The topological polar surface area (TPSA) is 68.1 Å². The first-order chi connectivity index (χ1) is 10.1. The Kier molecular flexibility index (Phi) is 3.53. The summed E-state index contributed by atoms with van der Waals surface area (Å²) in [6.07, 6.45) is 1.70. The summed E-state index contributed by atoms with van der Waals surface area (Å²) in [5, 5.41) is 15.9. The molecule has 5 nitrogen and oxygen atoms in total. The van der Waals surface area contributed by atoms with Gasteiger partial charge in [0.05, 0.1) is 4.92 Å². The second-order valence-electron chi connectivity index (χ2n) is 4.43. The third-order valence-electron chi connectivity index (χ3n) is 3.07. The van der Waals surface area contributed by atoms with Crippen LogP contribution in [0, 0.1) is 10.1 Å². The lowest BCUT2D eigenvalue weighted by Gasteiger charge is -2.09. The molecule has 3 aromatic rings. The van der Waals surface area contributed by atoms with Crippen molar-refractivity contribution in [2.24, 2.45) is 0 Å². The van der Waals surface area contributed by atoms with E-state index < -0.39 is 4.92 Å². The molecule has 0 radical (unpaired) electrons. The molecule has 3 rings (SSSR count). The Morgan fingerprint density at radius 1 is 1.10 bits per heavy atom. The van der Waals surface area contributed by atoms with Crippen molar-refractivity contribution in [3.8, 4) is 0 Å². The van der Waals surface area contributed by atoms with Gasteiger partial charge in [0, 0.05) is 39.3 Å². The molecule has 0 saturated heterocycles. The highest BCUT2D eigenvalue weighted by atomic mass is 79.9. The van der Waals surface area contributed by atoms with Crippen LogP contribution in [0.4, 0.5) is 17.2 Å². The molecule has 0 amide bonds. The van der Waals surface area contributed by atoms with Crippen molar-refractivity contribution < 1.29 is 4.92 Å². The minimum Gasteiger partial charge on any atom is -0.340 e. The van der Waals surface area contributed by atoms with Crippen LogP contribution in [0.3, 0.4) is 0 Å². The quantitative estimate of drug-likeness (QED) is 0.555. The maximum atomic E-state index is 10.8. The van der Waals surface area contributed by atoms with Gasteiger partial charge >= 0.3 is 0 Å². The lowest BCUT2D eigenvalue weighted by Crippen LogP contribution is -1.96. The Balaban J connectivity index is 2.04. The maximum Gasteiger partial charge on any atom is 0.271 e. The molecule has 0 aliphatic heterocycles. The van der Waals surface area contributed by atoms with E-state index in [4.69, 9.17) is 0 Å². The molecule has 0 atom stereocenters. The van der Waals surface area contributed by atoms with Gasteiger partial charge in [-0.3, -0.25) is 10.1 Å². The molecule has 0 spiro atoms. The van der Waals surface area contributed by atoms with E-state index in [1.807, 2.05) is 24.3 Å². The van der Waals surface area contributed by atoms with Gasteiger partial charge in [0.1, 0.15) is 5.82 Å². The molecule has 6 heteroatoms. The zero-order chi connectivity index (χ0) is 14.8. The van der Waals surface area contributed by atoms with E-state index in [0.29, 0.717) is 11.5 Å². The number of nitrogens with one attached hydrogen (secondary N) is 1. The summed E-state index contributed by atoms with van der Waals surface area (Å²) < 4.78 is 0.976. The number of benzene rings is 2. The molecular formula is C15H10BrN3O2. The Bertz CT molecular complexity index is 836. The molecule has 104 valence electrons. The number of pyridine rings is 1. The van der Waals surface area contributed by atoms with Gasteiger partial charge in [-0.15, -0.1) is 0 Å². The first kappa shape index (κ1) is 13.5. The minimum atomic E-state index is -0.418. The third-order valence-corrected chi connectivity index (χ3v) is 3.76. The summed E-state index contributed by atoms with van der Waals surface area (Å²) in [5.41, 5.74) is 0.672. The fourth-order valence-corrected chi connectivity index (χ4v) is 2.60. The number of hydrogen-bond acceptors (Lipinski definition) is 4. The lowest BCUT2D eigenvalue weighted by molar-refractivity contribution is -0.384. The van der Waals surface area contributed by atoms with E-state index in [1.165, 1.54) is 12.1 Å². The van der Waals surface area contributed by atoms with Crippen LogP contribution >= 0.6 is 15.9 Å². The number of aromatic nitrogens is 1. The second kappa shape index (κ2) is 5.49. The van der Waals surface area contributed by atoms with Gasteiger partial charge in [-0.25, -0.2) is 4.98 Å². The summed E-state index contributed by atoms with van der Waals surface area (Å²) in [7, 11) is 0. The average Bonchev–Trinajstić information content (AvgIpc) is 2.49. The zero-order valence-electron chi connectivity index (χ0n) is 10.8. The lowest BCUT2D eigenvalue weighted by atomic mass is 10.1. The molecule has 0 bridgehead atoms. The van der Waals surface area contributed by atoms with Crippen molar-refractivity contribution >= 4 is 43.9 Å². The molecule has 1 heterocycles. The van der Waals surface area contributed by atoms with Crippen molar-refractivity contribution in [1.82, 2.24) is 4.98 Å². The smallest absolute Gasteiger partial charge is 0.271 e. The van der Waals surface area contributed by atoms with Gasteiger partial charge in [-0.05, 0) is 18.2 Å². The first-order valence-electron chi connectivity index (χ1n) is 6.20. The van der Waals surface area contributed by atoms with Crippen molar-refractivity contribution in [2.75, 3.05) is 5.32 Å². The highest BCUT2D eigenvalue weighted by Gasteiger charge is 2.08. The summed E-state index contributed by atoms with van der Waals surface area (Å²) in [5.74, 6) is 0.661. The number of halogens is 1. The number of nitro benzene ring substituents is 1. The number of rotatable bonds is 3. The van der Waals surface area contributed by atoms with Crippen LogP contribution in [0.5, 0.6) is 0 Å². The standard InChI is InChI=1S/C15H10BrN3O2/c16-14-6-2-5-13-12(14)7-8-17-15(13)18-10-3-1-4-11(9-10)19(20)21/h1-9H,(H,17,18). The summed E-state index contributed by atoms with van der Waals surface area (Å²) in [4.78, 5) is 14.7. The Labute approximate surface area is 128 Å². The third kappa shape index (κ3) is 2.71. The highest BCUT2D eigenvalue weighted by Crippen LogP contribution is 2.30. The van der Waals surface area contributed by atoms with Crippen LogP contribution in [-0.2, 0) is 0 Å². The molecule has 0 unspecified atom stereocenters. The zero-order valence-corrected chi connectivity index (χ0v) is 12.4. The molecule has 1 N–H and O–H groups in total. The van der Waals surface area contributed by atoms with E-state index in [0.717, 1.165) is 15.2 Å². The Morgan fingerprint density at radius 3 is 2.71 bits per heavy atom. The van der Waals surface area contributed by atoms with E-state index in [2.05, 4.69) is 26.2 Å². The van der Waals surface area contributed by atoms with E-state index in [-0.39, 0.29) is 5.69 Å². The summed E-state index contributed by atoms with van der Waals surface area (Å²) in [6.45, 7) is 0. The molecule has 2 aromatic carbocycles. The molecule has 1 aromatic heterocycles. The predicted molar refractivity (Wildman–Crippen MR) is 85.8 cm³/mol. The summed E-state index contributed by atoms with van der Waals surface area (Å²) >= 11 is 3.50. The number of non-ortho nitro benzene ring substituents is 1. The van der Waals surface area contributed by atoms with Crippen molar-refractivity contribution in [2.45, 2.75) is 0 Å². The first-order valence-corrected chi connectivity index (χ1v) is 6.99. The van der Waals surface area contributed by atoms with Crippen LogP contribution in [-0.4, -0.2) is 9.91 Å². The molecule has 0 aliphatic rings. The molecule has 0 aliphatic carbocycles. The maximum absolute atomic E-state index is 10.8. The normalized spacial score (nSPS) is 10.5. The van der Waals surface area contributed by atoms with Crippen molar-refractivity contribution in [3.63, 3.8) is 0 Å². The Morgan fingerprint density at radius 2 is 1.90 bits per heavy atom. The molecule has 0 fully saturated rings. The van der Waals surface area contributed by atoms with Crippen LogP contribution in [0.25, 0.3) is 10.8 Å². The van der Waals surface area contributed by atoms with Gasteiger partial charge in [0.15, 0.2) is 0 Å². The van der Waals surface area contributed by atoms with Gasteiger partial charge in [0.2, 0.25) is 0 Å². The van der Waals surface area contributed by atoms with Gasteiger partial charge in [0.25, 0.3) is 5.69 Å². The van der Waals surface area contributed by atoms with E-state index >= 15 is 0 Å². The second-order valence-corrected chi connectivity index (χ2v) is 5.28. The Hall–Kier alpha value is -2.47. The van der Waals surface area contributed by atoms with Crippen molar-refractivity contribution in [1.29, 1.82) is 0 Å². The van der Waals surface area contributed by atoms with Crippen LogP contribution in [0.15, 0.2) is 59.2 Å². The minimum absolute atomic E-state index is 0.0430. The summed E-state index contributed by atoms with van der Waals surface area (Å²) in [6, 6.07) is 14.1. The predicted octanol–water partition coefficient (Wildman–Crippen LogP) is 4.65. The SMILES string of the molecule is O=[N+]([O-])c1cccc(Nc2nccc3c(Br)cccc23)c1. The molecular weight excluding hydrogens is 334 g/mol. The van der Waals surface area contributed by atoms with Gasteiger partial charge in [-0.1, -0.05) is 34.1 Å². The van der Waals surface area contributed by atoms with Gasteiger partial charge < -0.3 is 5.32 Å². The number of anilines is 2. The number of hydrogen-bond donors (Lipinski definition) is 1. The number of fused-ring (bicyclic) bond motifs is 1. The van der Waals surface area contributed by atoms with Crippen molar-refractivity contribution in [3.05, 3.63) is 69.3 Å². The largest absolute Gasteiger partial charge is 0.340 e. The van der Waals surface area contributed by atoms with E-state index in [1.54, 1.807) is 18.3 Å². The number of nitrogens with zero attached hydrogens (tertiary/aromatic N) is 2. The van der Waals surface area contributed by atoms with Crippen LogP contribution in [0.1, 0.15) is 0 Å².